The number of furan rings is 2. The van der Waals surface area contributed by atoms with Gasteiger partial charge in [-0.2, -0.15) is 0 Å². The fourth-order valence-corrected chi connectivity index (χ4v) is 6.03. The summed E-state index contributed by atoms with van der Waals surface area (Å²) in [5.41, 5.74) is -11.4. The summed E-state index contributed by atoms with van der Waals surface area (Å²) in [5, 5.41) is -3.82. The fourth-order valence-electron chi connectivity index (χ4n) is 6.03. The average molecular weight is 737 g/mol. The van der Waals surface area contributed by atoms with Gasteiger partial charge in [-0.15, -0.1) is 0 Å². The van der Waals surface area contributed by atoms with E-state index >= 15 is 0 Å². The SMILES string of the molecule is [2H]c1c([2H])c([2H])c(-c2c([2H])c([2H])c(N(c3c([2H])c([2H])c(-c4c([2H])c([2H])c([2H])c([2H])c4[2H])c([2H])c3[2H])c3c([2H])c([2H])c4oc5c6c([2H])c([2H])c([2H])c([2H])c6c(-c6c([2H])c([2H])c([2H])c7c6oc6c([2H])c([2H])c([2H])c([2H])c67)c([2H])c5c4c3[2H])c([2H])c2[2H])c([2H])c1[2H]. The number of anilines is 3. The zero-order chi connectivity index (χ0) is 65.0. The average Bonchev–Trinajstić information content (AvgIpc) is 1.41. The molecule has 3 nitrogen and oxygen atoms in total. The van der Waals surface area contributed by atoms with Gasteiger partial charge in [-0.25, -0.2) is 0 Å². The van der Waals surface area contributed by atoms with E-state index in [-0.39, 0.29) is 0 Å². The molecule has 0 aliphatic rings. The topological polar surface area (TPSA) is 29.5 Å². The zero-order valence-corrected chi connectivity index (χ0v) is 27.3. The van der Waals surface area contributed by atoms with Crippen LogP contribution >= 0.6 is 0 Å². The molecule has 0 unspecified atom stereocenters. The monoisotopic (exact) mass is 736 g/mol. The van der Waals surface area contributed by atoms with Crippen LogP contribution in [0.1, 0.15) is 45.2 Å². The van der Waals surface area contributed by atoms with Crippen LogP contribution in [0.4, 0.5) is 17.1 Å². The van der Waals surface area contributed by atoms with Gasteiger partial charge in [0.05, 0.1) is 45.2 Å². The number of nitrogens with zero attached hydrogens (tertiary/aromatic N) is 1. The normalized spacial score (nSPS) is 20.0. The van der Waals surface area contributed by atoms with Crippen LogP contribution in [0, 0.1) is 0 Å². The number of hydrogen-bond donors (Lipinski definition) is 0. The van der Waals surface area contributed by atoms with Crippen LogP contribution in [-0.2, 0) is 0 Å². The van der Waals surface area contributed by atoms with Gasteiger partial charge in [-0.05, 0) is 87.6 Å². The Hall–Kier alpha value is -7.36. The Bertz CT molecular complexity index is 4890. The molecule has 0 bridgehead atoms. The van der Waals surface area contributed by atoms with Crippen molar-refractivity contribution < 1.29 is 54.1 Å². The van der Waals surface area contributed by atoms with Crippen LogP contribution in [0.3, 0.4) is 0 Å². The number of fused-ring (bicyclic) bond motifs is 8. The summed E-state index contributed by atoms with van der Waals surface area (Å²) in [4.78, 5) is 0.314. The van der Waals surface area contributed by atoms with E-state index in [2.05, 4.69) is 0 Å². The molecule has 0 aliphatic carbocycles. The van der Waals surface area contributed by atoms with E-state index in [0.717, 1.165) is 0 Å². The molecule has 11 rings (SSSR count). The maximum Gasteiger partial charge on any atom is 0.143 e. The van der Waals surface area contributed by atoms with Crippen LogP contribution in [0.2, 0.25) is 0 Å². The highest BCUT2D eigenvalue weighted by Gasteiger charge is 2.20. The third-order valence-corrected chi connectivity index (χ3v) is 8.44. The highest BCUT2D eigenvalue weighted by Crippen LogP contribution is 2.45. The number of benzene rings is 9. The largest absolute Gasteiger partial charge is 0.455 e. The molecule has 0 radical (unpaired) electrons. The molecule has 9 aromatic carbocycles. The minimum atomic E-state index is -1.30. The van der Waals surface area contributed by atoms with E-state index < -0.39 is 304 Å². The maximum atomic E-state index is 10.2. The second-order valence-electron chi connectivity index (χ2n) is 11.5. The fraction of sp³-hybridized carbons (Fsp3) is 0. The van der Waals surface area contributed by atoms with Gasteiger partial charge < -0.3 is 13.7 Å². The van der Waals surface area contributed by atoms with Gasteiger partial charge in [0.1, 0.15) is 22.3 Å². The van der Waals surface area contributed by atoms with Gasteiger partial charge >= 0.3 is 0 Å². The molecule has 3 heteroatoms. The molecule has 55 heavy (non-hydrogen) atoms. The summed E-state index contributed by atoms with van der Waals surface area (Å²) >= 11 is 0. The summed E-state index contributed by atoms with van der Waals surface area (Å²) in [6, 6.07) is -34.0. The standard InChI is InChI=1S/C52H33NO2/c1-3-12-34(13-4-1)36-22-26-38(27-23-36)53(39-28-24-37(25-29-39)35-14-5-2-6-15-35)40-30-31-50-47(32-40)48-33-46(41-16-7-8-18-43(41)52(48)55-50)45-20-11-19-44-42-17-9-10-21-49(42)54-51(44)45/h1-33H/i1D,2D,3D,4D,5D,6D,7D,8D,9D,10D,11D,12D,13D,14D,15D,16D,17D,18D,19D,20D,21D,22D,23D,24D,25D,26D,27D,28D,29D,30D,31D,32D,33D. The van der Waals surface area contributed by atoms with Gasteiger partial charge in [0.15, 0.2) is 0 Å². The summed E-state index contributed by atoms with van der Waals surface area (Å²) in [6.07, 6.45) is 0. The van der Waals surface area contributed by atoms with E-state index in [1.165, 1.54) is 0 Å². The number of para-hydroxylation sites is 2. The van der Waals surface area contributed by atoms with E-state index in [9.17, 15) is 20.6 Å². The molecular formula is C52H33NO2. The van der Waals surface area contributed by atoms with Crippen molar-refractivity contribution in [2.75, 3.05) is 4.90 Å². The zero-order valence-electron chi connectivity index (χ0n) is 60.3. The van der Waals surface area contributed by atoms with Crippen LogP contribution in [0.5, 0.6) is 0 Å². The third-order valence-electron chi connectivity index (χ3n) is 8.44. The molecule has 0 fully saturated rings. The van der Waals surface area contributed by atoms with Crippen LogP contribution in [0.25, 0.3) is 88.0 Å². The number of hydrogen-bond acceptors (Lipinski definition) is 3. The third kappa shape index (κ3) is 5.20. The van der Waals surface area contributed by atoms with E-state index in [0.29, 0.717) is 4.90 Å². The first-order valence-corrected chi connectivity index (χ1v) is 16.0. The minimum absolute atomic E-state index is 0.314. The lowest BCUT2D eigenvalue weighted by atomic mass is 9.94. The predicted molar refractivity (Wildman–Crippen MR) is 229 cm³/mol. The lowest BCUT2D eigenvalue weighted by Crippen LogP contribution is -2.09. The first-order valence-electron chi connectivity index (χ1n) is 32.5. The summed E-state index contributed by atoms with van der Waals surface area (Å²) in [7, 11) is 0. The van der Waals surface area contributed by atoms with Gasteiger partial charge in [0.25, 0.3) is 0 Å². The second-order valence-corrected chi connectivity index (χ2v) is 11.5. The van der Waals surface area contributed by atoms with Gasteiger partial charge in [-0.3, -0.25) is 0 Å². The van der Waals surface area contributed by atoms with Gasteiger partial charge in [-0.1, -0.05) is 145 Å². The molecule has 0 atom stereocenters. The highest BCUT2D eigenvalue weighted by atomic mass is 16.3. The van der Waals surface area contributed by atoms with Crippen molar-refractivity contribution in [1.29, 1.82) is 0 Å². The Labute approximate surface area is 364 Å². The molecule has 0 saturated carbocycles. The molecule has 0 amide bonds. The first-order chi connectivity index (χ1) is 41.0. The number of rotatable bonds is 6. The van der Waals surface area contributed by atoms with Gasteiger partial charge in [0, 0.05) is 49.6 Å². The van der Waals surface area contributed by atoms with Crippen molar-refractivity contribution in [3.8, 4) is 33.4 Å². The van der Waals surface area contributed by atoms with E-state index in [1.807, 2.05) is 0 Å². The van der Waals surface area contributed by atoms with Crippen molar-refractivity contribution in [3.05, 3.63) is 199 Å². The lowest BCUT2D eigenvalue weighted by Gasteiger charge is -2.26. The highest BCUT2D eigenvalue weighted by molar-refractivity contribution is 6.21. The lowest BCUT2D eigenvalue weighted by molar-refractivity contribution is 0.670. The van der Waals surface area contributed by atoms with Crippen molar-refractivity contribution in [3.63, 3.8) is 0 Å². The smallest absolute Gasteiger partial charge is 0.143 e. The van der Waals surface area contributed by atoms with E-state index in [1.54, 1.807) is 0 Å². The van der Waals surface area contributed by atoms with Gasteiger partial charge in [0.2, 0.25) is 0 Å². The Balaban J connectivity index is 1.36. The van der Waals surface area contributed by atoms with Crippen molar-refractivity contribution in [2.24, 2.45) is 0 Å². The molecule has 0 N–H and O–H groups in total. The molecular weight excluding hydrogens is 671 g/mol. The Kier molecular flexibility index (Phi) is 2.90. The minimum Gasteiger partial charge on any atom is -0.455 e. The molecule has 258 valence electrons. The van der Waals surface area contributed by atoms with Crippen molar-refractivity contribution >= 4 is 71.7 Å². The van der Waals surface area contributed by atoms with E-state index in [4.69, 9.17) is 33.5 Å². The molecule has 0 spiro atoms. The molecule has 11 aromatic rings. The Morgan fingerprint density at radius 3 is 1.47 bits per heavy atom. The Morgan fingerprint density at radius 1 is 0.309 bits per heavy atom. The summed E-state index contributed by atoms with van der Waals surface area (Å²) < 4.78 is 310. The molecule has 2 heterocycles. The van der Waals surface area contributed by atoms with Crippen molar-refractivity contribution in [2.45, 2.75) is 0 Å². The molecule has 0 saturated heterocycles. The Morgan fingerprint density at radius 2 is 0.800 bits per heavy atom. The quantitative estimate of drug-likeness (QED) is 0.170. The summed E-state index contributed by atoms with van der Waals surface area (Å²) in [5.74, 6) is 0. The maximum absolute atomic E-state index is 10.2. The molecule has 0 aliphatic heterocycles. The second kappa shape index (κ2) is 12.6. The van der Waals surface area contributed by atoms with Crippen LogP contribution in [0.15, 0.2) is 208 Å². The van der Waals surface area contributed by atoms with Crippen molar-refractivity contribution in [1.82, 2.24) is 0 Å². The van der Waals surface area contributed by atoms with Crippen LogP contribution in [-0.4, -0.2) is 0 Å². The first kappa shape index (κ1) is 12.6. The predicted octanol–water partition coefficient (Wildman–Crippen LogP) is 15.1. The molecule has 2 aromatic heterocycles. The van der Waals surface area contributed by atoms with Crippen LogP contribution < -0.4 is 4.90 Å². The summed E-state index contributed by atoms with van der Waals surface area (Å²) in [6.45, 7) is 0.